The summed E-state index contributed by atoms with van der Waals surface area (Å²) in [6, 6.07) is 23.2. The highest BCUT2D eigenvalue weighted by atomic mass is 79.9. The lowest BCUT2D eigenvalue weighted by atomic mass is 10.2. The predicted octanol–water partition coefficient (Wildman–Crippen LogP) is 6.35. The number of amides is 1. The number of hydrazone groups is 1. The van der Waals surface area contributed by atoms with Crippen LogP contribution in [0, 0.1) is 0 Å². The Morgan fingerprint density at radius 1 is 0.900 bits per heavy atom. The van der Waals surface area contributed by atoms with Crippen LogP contribution in [0.4, 0.5) is 5.13 Å². The van der Waals surface area contributed by atoms with Crippen LogP contribution in [-0.4, -0.2) is 22.1 Å². The molecule has 0 aliphatic heterocycles. The van der Waals surface area contributed by atoms with E-state index in [-0.39, 0.29) is 5.91 Å². The van der Waals surface area contributed by atoms with E-state index < -0.39 is 0 Å². The van der Waals surface area contributed by atoms with Gasteiger partial charge >= 0.3 is 5.91 Å². The van der Waals surface area contributed by atoms with Crippen molar-refractivity contribution in [2.45, 2.75) is 0 Å². The van der Waals surface area contributed by atoms with E-state index in [1.807, 2.05) is 72.8 Å². The number of carbonyl (C=O) groups excluding carboxylic acids is 1. The molecule has 0 atom stereocenters. The van der Waals surface area contributed by atoms with E-state index >= 15 is 0 Å². The van der Waals surface area contributed by atoms with Crippen molar-refractivity contribution in [3.8, 4) is 0 Å². The van der Waals surface area contributed by atoms with Gasteiger partial charge < -0.3 is 0 Å². The smallest absolute Gasteiger partial charge is 0.264 e. The number of aromatic nitrogens is 2. The third-order valence-electron chi connectivity index (χ3n) is 4.31. The summed E-state index contributed by atoms with van der Waals surface area (Å²) in [5, 5.41) is 6.70. The Morgan fingerprint density at radius 3 is 2.50 bits per heavy atom. The number of hydrogen-bond acceptors (Lipinski definition) is 6. The Hall–Kier alpha value is -2.94. The van der Waals surface area contributed by atoms with Gasteiger partial charge in [-0.25, -0.2) is 9.97 Å². The lowest BCUT2D eigenvalue weighted by molar-refractivity contribution is 0.0987. The van der Waals surface area contributed by atoms with Gasteiger partial charge in [0.05, 0.1) is 26.6 Å². The summed E-state index contributed by atoms with van der Waals surface area (Å²) in [5.41, 5.74) is 2.50. The van der Waals surface area contributed by atoms with Gasteiger partial charge in [-0.2, -0.15) is 10.1 Å². The molecule has 146 valence electrons. The minimum atomic E-state index is -0.304. The van der Waals surface area contributed by atoms with Gasteiger partial charge in [0.15, 0.2) is 5.01 Å². The Labute approximate surface area is 188 Å². The molecule has 0 saturated heterocycles. The molecule has 0 fully saturated rings. The first kappa shape index (κ1) is 19.0. The number of anilines is 1. The number of hydrogen-bond donors (Lipinski definition) is 0. The monoisotopic (exact) mass is 492 g/mol. The van der Waals surface area contributed by atoms with E-state index in [1.165, 1.54) is 27.7 Å². The number of carbonyl (C=O) groups is 1. The van der Waals surface area contributed by atoms with E-state index in [1.54, 1.807) is 6.21 Å². The topological polar surface area (TPSA) is 58.5 Å². The second-order valence-corrected chi connectivity index (χ2v) is 9.32. The molecule has 2 heterocycles. The van der Waals surface area contributed by atoms with Crippen molar-refractivity contribution >= 4 is 76.3 Å². The number of thiazole rings is 2. The minimum Gasteiger partial charge on any atom is -0.264 e. The molecule has 0 bridgehead atoms. The second-order valence-electron chi connectivity index (χ2n) is 6.37. The van der Waals surface area contributed by atoms with Crippen molar-refractivity contribution < 1.29 is 4.79 Å². The molecule has 2 aromatic heterocycles. The molecular weight excluding hydrogens is 480 g/mol. The highest BCUT2D eigenvalue weighted by Gasteiger charge is 2.24. The lowest BCUT2D eigenvalue weighted by Crippen LogP contribution is -2.25. The van der Waals surface area contributed by atoms with Crippen molar-refractivity contribution in [1.82, 2.24) is 9.97 Å². The van der Waals surface area contributed by atoms with Crippen LogP contribution < -0.4 is 5.01 Å². The SMILES string of the molecule is O=C(c1nc2ccccc2s1)N(/N=C/c1ccccc1)c1nc2ccc(Br)cc2s1. The van der Waals surface area contributed by atoms with Gasteiger partial charge in [0.1, 0.15) is 0 Å². The molecule has 0 N–H and O–H groups in total. The number of rotatable bonds is 4. The van der Waals surface area contributed by atoms with Crippen LogP contribution in [0.15, 0.2) is 82.4 Å². The van der Waals surface area contributed by atoms with Gasteiger partial charge in [-0.15, -0.1) is 11.3 Å². The zero-order valence-corrected chi connectivity index (χ0v) is 18.6. The Bertz CT molecular complexity index is 1360. The standard InChI is InChI=1S/C22H13BrN4OS2/c23-15-10-11-17-19(12-15)30-22(26-17)27(24-13-14-6-2-1-3-7-14)21(28)20-25-16-8-4-5-9-18(16)29-20/h1-13H/b24-13+. The minimum absolute atomic E-state index is 0.304. The number of nitrogens with zero attached hydrogens (tertiary/aromatic N) is 4. The van der Waals surface area contributed by atoms with E-state index in [9.17, 15) is 4.79 Å². The Morgan fingerprint density at radius 2 is 1.67 bits per heavy atom. The second kappa shape index (κ2) is 8.06. The highest BCUT2D eigenvalue weighted by molar-refractivity contribution is 9.10. The summed E-state index contributed by atoms with van der Waals surface area (Å²) >= 11 is 6.25. The molecule has 5 rings (SSSR count). The van der Waals surface area contributed by atoms with Crippen LogP contribution in [0.3, 0.4) is 0 Å². The summed E-state index contributed by atoms with van der Waals surface area (Å²) in [5.74, 6) is -0.304. The molecule has 1 amide bonds. The van der Waals surface area contributed by atoms with E-state index in [2.05, 4.69) is 31.0 Å². The van der Waals surface area contributed by atoms with Gasteiger partial charge in [0.2, 0.25) is 5.13 Å². The summed E-state index contributed by atoms with van der Waals surface area (Å²) in [6.45, 7) is 0. The van der Waals surface area contributed by atoms with Crippen LogP contribution >= 0.6 is 38.6 Å². The van der Waals surface area contributed by atoms with Crippen LogP contribution in [0.5, 0.6) is 0 Å². The zero-order chi connectivity index (χ0) is 20.5. The fraction of sp³-hybridized carbons (Fsp3) is 0. The first-order valence-electron chi connectivity index (χ1n) is 9.02. The molecule has 0 aliphatic rings. The number of halogens is 1. The average molecular weight is 493 g/mol. The maximum atomic E-state index is 13.4. The molecule has 8 heteroatoms. The highest BCUT2D eigenvalue weighted by Crippen LogP contribution is 2.33. The van der Waals surface area contributed by atoms with Crippen molar-refractivity contribution in [2.24, 2.45) is 5.10 Å². The quantitative estimate of drug-likeness (QED) is 0.217. The largest absolute Gasteiger partial charge is 0.309 e. The van der Waals surface area contributed by atoms with Crippen LogP contribution in [0.25, 0.3) is 20.4 Å². The first-order valence-corrected chi connectivity index (χ1v) is 11.5. The fourth-order valence-electron chi connectivity index (χ4n) is 2.88. The maximum absolute atomic E-state index is 13.4. The van der Waals surface area contributed by atoms with Crippen LogP contribution in [0.1, 0.15) is 15.4 Å². The van der Waals surface area contributed by atoms with Gasteiger partial charge in [-0.1, -0.05) is 69.7 Å². The number of para-hydroxylation sites is 1. The fourth-order valence-corrected chi connectivity index (χ4v) is 5.25. The molecule has 0 spiro atoms. The van der Waals surface area contributed by atoms with E-state index in [0.29, 0.717) is 10.1 Å². The molecule has 0 radical (unpaired) electrons. The molecule has 30 heavy (non-hydrogen) atoms. The van der Waals surface area contributed by atoms with Crippen molar-refractivity contribution in [2.75, 3.05) is 5.01 Å². The van der Waals surface area contributed by atoms with Gasteiger partial charge in [0.25, 0.3) is 0 Å². The van der Waals surface area contributed by atoms with E-state index in [0.717, 1.165) is 30.5 Å². The van der Waals surface area contributed by atoms with Crippen molar-refractivity contribution in [3.05, 3.63) is 87.8 Å². The van der Waals surface area contributed by atoms with E-state index in [4.69, 9.17) is 0 Å². The van der Waals surface area contributed by atoms with Gasteiger partial charge in [0, 0.05) is 4.47 Å². The predicted molar refractivity (Wildman–Crippen MR) is 128 cm³/mol. The van der Waals surface area contributed by atoms with Crippen LogP contribution in [-0.2, 0) is 0 Å². The number of fused-ring (bicyclic) bond motifs is 2. The third kappa shape index (κ3) is 3.77. The molecule has 0 unspecified atom stereocenters. The summed E-state index contributed by atoms with van der Waals surface area (Å²) in [6.07, 6.45) is 1.66. The Kier molecular flexibility index (Phi) is 5.12. The molecule has 3 aromatic carbocycles. The Balaban J connectivity index is 1.59. The molecular formula is C22H13BrN4OS2. The van der Waals surface area contributed by atoms with Crippen LogP contribution in [0.2, 0.25) is 0 Å². The molecule has 0 saturated carbocycles. The summed E-state index contributed by atoms with van der Waals surface area (Å²) < 4.78 is 2.89. The first-order chi connectivity index (χ1) is 14.7. The zero-order valence-electron chi connectivity index (χ0n) is 15.4. The lowest BCUT2D eigenvalue weighted by Gasteiger charge is -2.11. The van der Waals surface area contributed by atoms with Gasteiger partial charge in [-0.3, -0.25) is 4.79 Å². The molecule has 5 aromatic rings. The van der Waals surface area contributed by atoms with Crippen molar-refractivity contribution in [1.29, 1.82) is 0 Å². The average Bonchev–Trinajstić information content (AvgIpc) is 3.38. The molecule has 0 aliphatic carbocycles. The summed E-state index contributed by atoms with van der Waals surface area (Å²) in [4.78, 5) is 22.5. The number of benzene rings is 3. The summed E-state index contributed by atoms with van der Waals surface area (Å²) in [7, 11) is 0. The van der Waals surface area contributed by atoms with Gasteiger partial charge in [-0.05, 0) is 35.9 Å². The maximum Gasteiger partial charge on any atom is 0.309 e. The normalized spacial score (nSPS) is 11.5. The third-order valence-corrected chi connectivity index (χ3v) is 6.82. The van der Waals surface area contributed by atoms with Crippen molar-refractivity contribution in [3.63, 3.8) is 0 Å². The molecule has 5 nitrogen and oxygen atoms in total.